The first kappa shape index (κ1) is 107. The Balaban J connectivity index is 0.000000120. The van der Waals surface area contributed by atoms with Crippen molar-refractivity contribution in [2.45, 2.75) is 271 Å². The van der Waals surface area contributed by atoms with Crippen LogP contribution in [0.2, 0.25) is 0 Å². The number of aromatic nitrogens is 11. The fourth-order valence-electron chi connectivity index (χ4n) is 26.9. The van der Waals surface area contributed by atoms with Crippen molar-refractivity contribution >= 4 is 158 Å². The standard InChI is InChI=1S/C33H34NO.C28H27N2S.2C23H24N3.C22H21N2.5Ir/c1-20-14-21(2)28(22(3)15-20)25-10-9-11-26-30(25)27-17-24(18-33(5)12-7-6-8-13-33)16-23(4)29(27)32-31(26)34-19-35-32;1-18-9-8-10-19(2)25(18)24-17-29-26-22-12-5-4-11-21(22)23-15-20(31-27(23)30(24)26)16-28(3)13-6-7-14-28;1-15-14-26-19-9-8-17(13-23(3)10-4-5-11-23)16(2)20(19)21-18(22(26)25-15)7-6-12-24-21;1-15-13-20-18-9-8-17(14-23(3)10-4-5-11-23)16(2)21(18)22-19(26(20)25-15)7-6-12-24-22;1-22(12-6-7-13-22)14-24-15-23-20-18-10-4-2-8-16(18)17-9-3-5-11-19(17)21(20)24;;;;;/h9-10,14-17,19H,6-8,12-13,18H2,1-5H3;4-5,8-11,15,17H,6-7,13-14,16H2,1-3H3;6,8-9,12,14H,4-5,10-11,13H2,1-3H3;6,8-9,12-13H,4-5,10-11,14H2,1-3H3;2-5,8-9,11,15H,6-7,12-14H2,1H3;;;;;/q5*-1;;;;;. The molecule has 12 nitrogen and oxygen atoms in total. The Kier molecular flexibility index (Phi) is 31.5. The molecule has 5 aliphatic rings. The maximum atomic E-state index is 6.01. The molecule has 0 saturated heterocycles. The van der Waals surface area contributed by atoms with Crippen LogP contribution in [0.3, 0.4) is 0 Å². The first-order chi connectivity index (χ1) is 68.7. The predicted molar refractivity (Wildman–Crippen MR) is 593 cm³/mol. The summed E-state index contributed by atoms with van der Waals surface area (Å²) in [5, 5.41) is 22.9. The molecule has 5 aliphatic carbocycles. The molecule has 18 heteroatoms. The van der Waals surface area contributed by atoms with Crippen molar-refractivity contribution in [1.29, 1.82) is 0 Å². The van der Waals surface area contributed by atoms with Crippen molar-refractivity contribution in [3.8, 4) is 22.4 Å². The number of rotatable bonds is 12. The molecule has 11 aromatic heterocycles. The summed E-state index contributed by atoms with van der Waals surface area (Å²) in [6.45, 7) is 35.3. The van der Waals surface area contributed by atoms with E-state index in [1.165, 1.54) is 305 Å². The van der Waals surface area contributed by atoms with Gasteiger partial charge in [0.15, 0.2) is 6.39 Å². The average molecular weight is 2840 g/mol. The topological polar surface area (TPSA) is 122 Å². The monoisotopic (exact) mass is 2850 g/mol. The normalized spacial score (nSPS) is 16.0. The fraction of sp³-hybridized carbons (Fsp3) is 0.357. The molecule has 0 atom stereocenters. The molecule has 0 N–H and O–H groups in total. The molecule has 0 bridgehead atoms. The van der Waals surface area contributed by atoms with Gasteiger partial charge in [-0.1, -0.05) is 246 Å². The number of hydrogen-bond donors (Lipinski definition) is 0. The van der Waals surface area contributed by atoms with Gasteiger partial charge in [-0.3, -0.25) is 24.5 Å². The van der Waals surface area contributed by atoms with Crippen LogP contribution >= 0.6 is 11.3 Å². The van der Waals surface area contributed by atoms with E-state index in [-0.39, 0.29) is 101 Å². The zero-order valence-electron chi connectivity index (χ0n) is 87.3. The molecule has 0 spiro atoms. The summed E-state index contributed by atoms with van der Waals surface area (Å²) in [6, 6.07) is 76.4. The van der Waals surface area contributed by atoms with Crippen molar-refractivity contribution in [3.63, 3.8) is 0 Å². The summed E-state index contributed by atoms with van der Waals surface area (Å²) in [4.78, 5) is 31.4. The summed E-state index contributed by atoms with van der Waals surface area (Å²) in [5.41, 5.74) is 35.6. The second-order valence-corrected chi connectivity index (χ2v) is 46.4. The fourth-order valence-corrected chi connectivity index (χ4v) is 28.3. The van der Waals surface area contributed by atoms with Crippen molar-refractivity contribution in [3.05, 3.63) is 309 Å². The summed E-state index contributed by atoms with van der Waals surface area (Å²) < 4.78 is 15.0. The molecule has 0 aliphatic heterocycles. The Bertz CT molecular complexity index is 8530. The van der Waals surface area contributed by atoms with Gasteiger partial charge < -0.3 is 27.8 Å². The van der Waals surface area contributed by atoms with Crippen molar-refractivity contribution < 1.29 is 105 Å². The van der Waals surface area contributed by atoms with Crippen LogP contribution in [-0.2, 0) is 133 Å². The number of benzene rings is 11. The van der Waals surface area contributed by atoms with Crippen LogP contribution < -0.4 is 0 Å². The Morgan fingerprint density at radius 1 is 0.395 bits per heavy atom. The van der Waals surface area contributed by atoms with Gasteiger partial charge in [0.05, 0.1) is 39.4 Å². The second-order valence-electron chi connectivity index (χ2n) is 45.2. The zero-order valence-corrected chi connectivity index (χ0v) is 100. The maximum absolute atomic E-state index is 6.01. The first-order valence-electron chi connectivity index (χ1n) is 52.5. The van der Waals surface area contributed by atoms with E-state index in [0.717, 1.165) is 109 Å². The Morgan fingerprint density at radius 3 is 1.65 bits per heavy atom. The van der Waals surface area contributed by atoms with Crippen molar-refractivity contribution in [1.82, 2.24) is 52.9 Å². The number of nitrogens with zero attached hydrogens (tertiary/aromatic N) is 11. The van der Waals surface area contributed by atoms with E-state index in [9.17, 15) is 0 Å². The molecule has 5 fully saturated rings. The quantitative estimate of drug-likeness (QED) is 0.0876. The third-order valence-corrected chi connectivity index (χ3v) is 35.0. The van der Waals surface area contributed by atoms with Crippen LogP contribution in [0.15, 0.2) is 206 Å². The number of oxazole rings is 1. The molecule has 22 aromatic rings. The van der Waals surface area contributed by atoms with E-state index in [1.807, 2.05) is 72.7 Å². The SMILES string of the molecule is CC1(Cn2cnc3c4[c-]cccc4c4ccccc4c32)CCCC1.Cc1cc(C)c(-c2cc[c-]c3c4ncoc4c4c(C)cc(CC5(C)CCCCC5)cc4c23)c(C)c1.Cc1cc2c3ccc(CC4(C)CCCC4)c(C)c3c3ncc[c-]c3n2n1.Cc1cccc(C)c1-c1cnc2c3[c-]cccc3c3cc(CC4(C)CCCC4)sc3n12.Cc1cn2c3ccc(CC4(C)CCCC4)c(C)c3c3ncc[c-]c3c2n1.[Ir].[Ir].[Ir].[Ir].[Ir]. The van der Waals surface area contributed by atoms with E-state index in [0.29, 0.717) is 27.1 Å². The number of hydrogen-bond acceptors (Lipinski definition) is 9. The molecule has 763 valence electrons. The number of thiophene rings is 1. The molecule has 147 heavy (non-hydrogen) atoms. The summed E-state index contributed by atoms with van der Waals surface area (Å²) in [7, 11) is 0. The van der Waals surface area contributed by atoms with Crippen LogP contribution in [0.1, 0.15) is 247 Å². The van der Waals surface area contributed by atoms with E-state index in [4.69, 9.17) is 29.3 Å². The maximum Gasteiger partial charge on any atom is 0.171 e. The summed E-state index contributed by atoms with van der Waals surface area (Å²) >= 11 is 1.96. The van der Waals surface area contributed by atoms with Gasteiger partial charge in [-0.15, -0.1) is 106 Å². The van der Waals surface area contributed by atoms with Crippen LogP contribution in [0.5, 0.6) is 0 Å². The van der Waals surface area contributed by atoms with E-state index in [1.54, 1.807) is 6.39 Å². The van der Waals surface area contributed by atoms with Gasteiger partial charge in [0.25, 0.3) is 0 Å². The van der Waals surface area contributed by atoms with Gasteiger partial charge >= 0.3 is 0 Å². The molecule has 5 radical (unpaired) electrons. The zero-order chi connectivity index (χ0) is 97.4. The third-order valence-electron chi connectivity index (χ3n) is 33.9. The first-order valence-corrected chi connectivity index (χ1v) is 53.4. The van der Waals surface area contributed by atoms with Gasteiger partial charge in [0.2, 0.25) is 0 Å². The predicted octanol–water partition coefficient (Wildman–Crippen LogP) is 34.1. The third kappa shape index (κ3) is 20.0. The van der Waals surface area contributed by atoms with Crippen LogP contribution in [0.4, 0.5) is 0 Å². The smallest absolute Gasteiger partial charge is 0.171 e. The van der Waals surface area contributed by atoms with Gasteiger partial charge in [-0.05, 0) is 309 Å². The number of imidazole rings is 3. The Labute approximate surface area is 936 Å². The number of fused-ring (bicyclic) bond motifs is 30. The average Bonchev–Trinajstić information content (AvgIpc) is 1.18. The molecule has 11 heterocycles. The van der Waals surface area contributed by atoms with E-state index >= 15 is 0 Å². The van der Waals surface area contributed by atoms with Crippen molar-refractivity contribution in [2.24, 2.45) is 27.1 Å². The van der Waals surface area contributed by atoms with E-state index in [2.05, 4.69) is 296 Å². The number of pyridine rings is 5. The van der Waals surface area contributed by atoms with E-state index < -0.39 is 0 Å². The minimum absolute atomic E-state index is 0. The van der Waals surface area contributed by atoms with Gasteiger partial charge in [-0.25, -0.2) is 0 Å². The van der Waals surface area contributed by atoms with Gasteiger partial charge in [0.1, 0.15) is 5.58 Å². The molecular formula is C129H130Ir5N11OS-5. The van der Waals surface area contributed by atoms with Gasteiger partial charge in [-0.2, -0.15) is 17.2 Å². The van der Waals surface area contributed by atoms with Crippen LogP contribution in [-0.4, -0.2) is 52.9 Å². The largest absolute Gasteiger partial charge is 0.454 e. The molecule has 0 unspecified atom stereocenters. The summed E-state index contributed by atoms with van der Waals surface area (Å²) in [5.74, 6) is 0. The molecule has 27 rings (SSSR count). The molecule has 11 aromatic carbocycles. The Hall–Kier alpha value is -9.72. The molecule has 5 saturated carbocycles. The minimum Gasteiger partial charge on any atom is -0.454 e. The van der Waals surface area contributed by atoms with Crippen molar-refractivity contribution in [2.75, 3.05) is 0 Å². The molecule has 0 amide bonds. The number of aryl methyl sites for hydroxylation is 10. The second kappa shape index (κ2) is 43.2. The van der Waals surface area contributed by atoms with Crippen LogP contribution in [0.25, 0.3) is 169 Å². The molecular weight excluding hydrogens is 2710 g/mol. The minimum atomic E-state index is 0. The Morgan fingerprint density at radius 2 is 0.973 bits per heavy atom. The summed E-state index contributed by atoms with van der Waals surface area (Å²) in [6.07, 6.45) is 44.6. The van der Waals surface area contributed by atoms with Gasteiger partial charge in [0, 0.05) is 163 Å². The van der Waals surface area contributed by atoms with Crippen LogP contribution in [0, 0.1) is 127 Å².